The zero-order valence-electron chi connectivity index (χ0n) is 16.0. The summed E-state index contributed by atoms with van der Waals surface area (Å²) >= 11 is 5.81. The summed E-state index contributed by atoms with van der Waals surface area (Å²) in [5.74, 6) is 0.0490. The lowest BCUT2D eigenvalue weighted by Gasteiger charge is -2.17. The topological polar surface area (TPSA) is 84.3 Å². The fourth-order valence-electron chi connectivity index (χ4n) is 2.78. The van der Waals surface area contributed by atoms with Crippen molar-refractivity contribution < 1.29 is 13.2 Å². The van der Waals surface area contributed by atoms with Gasteiger partial charge in [0.2, 0.25) is 15.9 Å². The van der Waals surface area contributed by atoms with Crippen LogP contribution in [-0.4, -0.2) is 42.0 Å². The Hall–Kier alpha value is -2.68. The highest BCUT2D eigenvalue weighted by Gasteiger charge is 2.23. The molecule has 0 saturated heterocycles. The third-order valence-electron chi connectivity index (χ3n) is 4.23. The van der Waals surface area contributed by atoms with E-state index in [1.54, 1.807) is 10.7 Å². The maximum atomic E-state index is 12.6. The van der Waals surface area contributed by atoms with Crippen LogP contribution in [0, 0.1) is 6.92 Å². The number of aromatic nitrogens is 2. The Morgan fingerprint density at radius 3 is 2.45 bits per heavy atom. The minimum absolute atomic E-state index is 0.0714. The second-order valence-corrected chi connectivity index (χ2v) is 9.06. The van der Waals surface area contributed by atoms with Crippen molar-refractivity contribution >= 4 is 33.3 Å². The summed E-state index contributed by atoms with van der Waals surface area (Å²) in [4.78, 5) is 12.6. The standard InChI is InChI=1S/C20H21ClN4O3S/c1-15-12-19(25(23-15)13-16-6-4-3-5-7-16)22-20(26)14-24(2)29(27,28)18-10-8-17(21)9-11-18/h3-12H,13-14H2,1-2H3,(H,22,26). The van der Waals surface area contributed by atoms with Gasteiger partial charge in [-0.25, -0.2) is 13.1 Å². The summed E-state index contributed by atoms with van der Waals surface area (Å²) in [6.07, 6.45) is 0. The average Bonchev–Trinajstić information content (AvgIpc) is 3.01. The van der Waals surface area contributed by atoms with Gasteiger partial charge in [0.1, 0.15) is 5.82 Å². The van der Waals surface area contributed by atoms with E-state index in [1.807, 2.05) is 37.3 Å². The number of carbonyl (C=O) groups excluding carboxylic acids is 1. The van der Waals surface area contributed by atoms with Crippen LogP contribution < -0.4 is 5.32 Å². The highest BCUT2D eigenvalue weighted by Crippen LogP contribution is 2.18. The van der Waals surface area contributed by atoms with Gasteiger partial charge in [-0.2, -0.15) is 9.40 Å². The maximum absolute atomic E-state index is 12.6. The van der Waals surface area contributed by atoms with E-state index < -0.39 is 15.9 Å². The Bertz CT molecular complexity index is 1100. The molecule has 1 aromatic heterocycles. The van der Waals surface area contributed by atoms with Gasteiger partial charge >= 0.3 is 0 Å². The molecule has 0 atom stereocenters. The largest absolute Gasteiger partial charge is 0.310 e. The molecule has 29 heavy (non-hydrogen) atoms. The molecule has 2 aromatic carbocycles. The van der Waals surface area contributed by atoms with E-state index in [2.05, 4.69) is 10.4 Å². The Morgan fingerprint density at radius 2 is 1.79 bits per heavy atom. The number of nitrogens with zero attached hydrogens (tertiary/aromatic N) is 3. The first-order valence-corrected chi connectivity index (χ1v) is 10.7. The zero-order valence-corrected chi connectivity index (χ0v) is 17.6. The summed E-state index contributed by atoms with van der Waals surface area (Å²) in [7, 11) is -2.45. The molecule has 0 spiro atoms. The highest BCUT2D eigenvalue weighted by molar-refractivity contribution is 7.89. The summed E-state index contributed by atoms with van der Waals surface area (Å²) in [6.45, 7) is 1.98. The molecule has 7 nitrogen and oxygen atoms in total. The number of hydrogen-bond donors (Lipinski definition) is 1. The second kappa shape index (κ2) is 8.77. The second-order valence-electron chi connectivity index (χ2n) is 6.58. The van der Waals surface area contributed by atoms with Gasteiger partial charge < -0.3 is 5.32 Å². The van der Waals surface area contributed by atoms with E-state index >= 15 is 0 Å². The van der Waals surface area contributed by atoms with Gasteiger partial charge in [0.05, 0.1) is 23.7 Å². The summed E-state index contributed by atoms with van der Waals surface area (Å²) in [5, 5.41) is 7.59. The van der Waals surface area contributed by atoms with Crippen LogP contribution in [0.25, 0.3) is 0 Å². The monoisotopic (exact) mass is 432 g/mol. The molecule has 0 unspecified atom stereocenters. The number of aryl methyl sites for hydroxylation is 1. The van der Waals surface area contributed by atoms with Crippen molar-refractivity contribution in [1.82, 2.24) is 14.1 Å². The van der Waals surface area contributed by atoms with Gasteiger partial charge in [-0.05, 0) is 36.8 Å². The van der Waals surface area contributed by atoms with Crippen molar-refractivity contribution in [2.75, 3.05) is 18.9 Å². The van der Waals surface area contributed by atoms with Crippen LogP contribution in [-0.2, 0) is 21.4 Å². The molecule has 0 aliphatic carbocycles. The van der Waals surface area contributed by atoms with Gasteiger partial charge in [-0.3, -0.25) is 4.79 Å². The van der Waals surface area contributed by atoms with Crippen LogP contribution in [0.1, 0.15) is 11.3 Å². The zero-order chi connectivity index (χ0) is 21.0. The molecular weight excluding hydrogens is 412 g/mol. The van der Waals surface area contributed by atoms with Gasteiger partial charge in [0.15, 0.2) is 0 Å². The number of rotatable bonds is 7. The van der Waals surface area contributed by atoms with E-state index in [-0.39, 0.29) is 11.4 Å². The summed E-state index contributed by atoms with van der Waals surface area (Å²) in [6, 6.07) is 17.3. The normalized spacial score (nSPS) is 11.6. The van der Waals surface area contributed by atoms with Crippen molar-refractivity contribution in [3.8, 4) is 0 Å². The van der Waals surface area contributed by atoms with E-state index in [0.29, 0.717) is 17.4 Å². The van der Waals surface area contributed by atoms with Crippen LogP contribution in [0.2, 0.25) is 5.02 Å². The average molecular weight is 433 g/mol. The first kappa shape index (κ1) is 21.0. The van der Waals surface area contributed by atoms with Gasteiger partial charge in [-0.1, -0.05) is 41.9 Å². The number of amides is 1. The molecule has 1 amide bonds. The number of sulfonamides is 1. The Kier molecular flexibility index (Phi) is 6.36. The lowest BCUT2D eigenvalue weighted by molar-refractivity contribution is -0.116. The third-order valence-corrected chi connectivity index (χ3v) is 6.30. The first-order chi connectivity index (χ1) is 13.8. The first-order valence-electron chi connectivity index (χ1n) is 8.86. The molecule has 3 aromatic rings. The minimum Gasteiger partial charge on any atom is -0.310 e. The lowest BCUT2D eigenvalue weighted by atomic mass is 10.2. The Labute approximate surface area is 175 Å². The fraction of sp³-hybridized carbons (Fsp3) is 0.200. The van der Waals surface area contributed by atoms with Crippen molar-refractivity contribution in [2.24, 2.45) is 0 Å². The molecule has 1 heterocycles. The Balaban J connectivity index is 1.70. The minimum atomic E-state index is -3.81. The smallest absolute Gasteiger partial charge is 0.243 e. The van der Waals surface area contributed by atoms with E-state index in [1.165, 1.54) is 31.3 Å². The fourth-order valence-corrected chi connectivity index (χ4v) is 4.03. The van der Waals surface area contributed by atoms with Crippen LogP contribution in [0.3, 0.4) is 0 Å². The van der Waals surface area contributed by atoms with E-state index in [0.717, 1.165) is 15.6 Å². The number of carbonyl (C=O) groups is 1. The van der Waals surface area contributed by atoms with Gasteiger partial charge in [0.25, 0.3) is 0 Å². The van der Waals surface area contributed by atoms with Crippen LogP contribution in [0.5, 0.6) is 0 Å². The lowest BCUT2D eigenvalue weighted by Crippen LogP contribution is -2.35. The molecule has 152 valence electrons. The van der Waals surface area contributed by atoms with E-state index in [4.69, 9.17) is 11.6 Å². The molecule has 0 radical (unpaired) electrons. The molecular formula is C20H21ClN4O3S. The van der Waals surface area contributed by atoms with Crippen LogP contribution in [0.4, 0.5) is 5.82 Å². The van der Waals surface area contributed by atoms with Crippen molar-refractivity contribution in [3.05, 3.63) is 76.9 Å². The summed E-state index contributed by atoms with van der Waals surface area (Å²) < 4.78 is 27.9. The summed E-state index contributed by atoms with van der Waals surface area (Å²) in [5.41, 5.74) is 1.78. The number of benzene rings is 2. The predicted octanol–water partition coefficient (Wildman–Crippen LogP) is 3.15. The van der Waals surface area contributed by atoms with Gasteiger partial charge in [-0.15, -0.1) is 0 Å². The number of anilines is 1. The molecule has 0 aliphatic rings. The van der Waals surface area contributed by atoms with Crippen molar-refractivity contribution in [1.29, 1.82) is 0 Å². The number of hydrogen-bond acceptors (Lipinski definition) is 4. The van der Waals surface area contributed by atoms with Crippen LogP contribution >= 0.6 is 11.6 Å². The molecule has 1 N–H and O–H groups in total. The molecule has 0 fully saturated rings. The Morgan fingerprint density at radius 1 is 1.14 bits per heavy atom. The predicted molar refractivity (Wildman–Crippen MR) is 112 cm³/mol. The molecule has 0 saturated carbocycles. The SMILES string of the molecule is Cc1cc(NC(=O)CN(C)S(=O)(=O)c2ccc(Cl)cc2)n(Cc2ccccc2)n1. The number of nitrogens with one attached hydrogen (secondary N) is 1. The molecule has 0 aliphatic heterocycles. The number of halogens is 1. The van der Waals surface area contributed by atoms with E-state index in [9.17, 15) is 13.2 Å². The maximum Gasteiger partial charge on any atom is 0.243 e. The molecule has 0 bridgehead atoms. The highest BCUT2D eigenvalue weighted by atomic mass is 35.5. The van der Waals surface area contributed by atoms with Gasteiger partial charge in [0, 0.05) is 18.1 Å². The molecule has 9 heteroatoms. The van der Waals surface area contributed by atoms with Crippen molar-refractivity contribution in [3.63, 3.8) is 0 Å². The molecule has 3 rings (SSSR count). The number of likely N-dealkylation sites (N-methyl/N-ethyl adjacent to an activating group) is 1. The van der Waals surface area contributed by atoms with Crippen molar-refractivity contribution in [2.45, 2.75) is 18.4 Å². The van der Waals surface area contributed by atoms with Crippen LogP contribution in [0.15, 0.2) is 65.6 Å². The quantitative estimate of drug-likeness (QED) is 0.621. The third kappa shape index (κ3) is 5.23.